The summed E-state index contributed by atoms with van der Waals surface area (Å²) in [6, 6.07) is 5.30. The van der Waals surface area contributed by atoms with Crippen LogP contribution in [0.2, 0.25) is 0 Å². The van der Waals surface area contributed by atoms with Crippen LogP contribution in [-0.2, 0) is 15.5 Å². The first-order chi connectivity index (χ1) is 6.65. The standard InChI is InChI=1S/C9H12BrNO2S/c1-2-13-6-14(12)9-5-7(10)3-4-8(9)11/h3-5H,2,6,11H2,1H3. The van der Waals surface area contributed by atoms with Gasteiger partial charge in [-0.2, -0.15) is 0 Å². The van der Waals surface area contributed by atoms with Crippen molar-refractivity contribution < 1.29 is 8.95 Å². The summed E-state index contributed by atoms with van der Waals surface area (Å²) in [5.41, 5.74) is 6.23. The maximum absolute atomic E-state index is 11.7. The maximum Gasteiger partial charge on any atom is 0.126 e. The average molecular weight is 278 g/mol. The number of benzene rings is 1. The Morgan fingerprint density at radius 2 is 2.29 bits per heavy atom. The molecular formula is C9H12BrNO2S. The minimum atomic E-state index is -1.18. The molecule has 1 rings (SSSR count). The Morgan fingerprint density at radius 1 is 1.57 bits per heavy atom. The zero-order chi connectivity index (χ0) is 10.6. The molecule has 1 aromatic carbocycles. The number of rotatable bonds is 4. The first-order valence-corrected chi connectivity index (χ1v) is 6.27. The molecule has 1 aromatic rings. The quantitative estimate of drug-likeness (QED) is 0.858. The highest BCUT2D eigenvalue weighted by atomic mass is 79.9. The molecule has 0 aliphatic rings. The van der Waals surface area contributed by atoms with Gasteiger partial charge in [-0.1, -0.05) is 15.9 Å². The zero-order valence-electron chi connectivity index (χ0n) is 7.83. The topological polar surface area (TPSA) is 52.3 Å². The fourth-order valence-electron chi connectivity index (χ4n) is 0.928. The monoisotopic (exact) mass is 277 g/mol. The van der Waals surface area contributed by atoms with Gasteiger partial charge < -0.3 is 10.5 Å². The van der Waals surface area contributed by atoms with E-state index in [0.29, 0.717) is 17.2 Å². The summed E-state index contributed by atoms with van der Waals surface area (Å²) in [6.07, 6.45) is 0. The molecule has 0 radical (unpaired) electrons. The van der Waals surface area contributed by atoms with E-state index in [1.54, 1.807) is 12.1 Å². The van der Waals surface area contributed by atoms with E-state index in [0.717, 1.165) is 4.47 Å². The van der Waals surface area contributed by atoms with Gasteiger partial charge in [0, 0.05) is 16.8 Å². The summed E-state index contributed by atoms with van der Waals surface area (Å²) in [4.78, 5) is 0.618. The van der Waals surface area contributed by atoms with Crippen molar-refractivity contribution in [3.8, 4) is 0 Å². The van der Waals surface area contributed by atoms with Gasteiger partial charge in [-0.25, -0.2) is 0 Å². The fourth-order valence-corrected chi connectivity index (χ4v) is 2.47. The van der Waals surface area contributed by atoms with Gasteiger partial charge in [0.25, 0.3) is 0 Å². The van der Waals surface area contributed by atoms with E-state index in [1.165, 1.54) is 0 Å². The molecule has 14 heavy (non-hydrogen) atoms. The predicted molar refractivity (Wildman–Crippen MR) is 61.5 cm³/mol. The summed E-state index contributed by atoms with van der Waals surface area (Å²) in [7, 11) is -1.18. The Labute approximate surface area is 94.2 Å². The molecule has 0 aromatic heterocycles. The summed E-state index contributed by atoms with van der Waals surface area (Å²) >= 11 is 3.30. The smallest absolute Gasteiger partial charge is 0.126 e. The molecule has 0 heterocycles. The highest BCUT2D eigenvalue weighted by Gasteiger charge is 2.08. The normalized spacial score (nSPS) is 12.7. The Morgan fingerprint density at radius 3 is 2.93 bits per heavy atom. The minimum Gasteiger partial charge on any atom is -0.398 e. The molecule has 0 fully saturated rings. The zero-order valence-corrected chi connectivity index (χ0v) is 10.2. The van der Waals surface area contributed by atoms with Crippen LogP contribution in [-0.4, -0.2) is 16.8 Å². The third kappa shape index (κ3) is 3.08. The van der Waals surface area contributed by atoms with Crippen molar-refractivity contribution in [2.24, 2.45) is 0 Å². The molecule has 0 aliphatic carbocycles. The lowest BCUT2D eigenvalue weighted by atomic mass is 10.3. The van der Waals surface area contributed by atoms with Gasteiger partial charge in [0.15, 0.2) is 0 Å². The van der Waals surface area contributed by atoms with Crippen molar-refractivity contribution in [1.82, 2.24) is 0 Å². The van der Waals surface area contributed by atoms with Gasteiger partial charge in [0.1, 0.15) is 5.94 Å². The lowest BCUT2D eigenvalue weighted by Gasteiger charge is -2.05. The third-order valence-electron chi connectivity index (χ3n) is 1.62. The third-order valence-corrected chi connectivity index (χ3v) is 3.33. The Kier molecular flexibility index (Phi) is 4.57. The molecule has 0 bridgehead atoms. The molecular weight excluding hydrogens is 266 g/mol. The molecule has 1 atom stereocenters. The summed E-state index contributed by atoms with van der Waals surface area (Å²) in [6.45, 7) is 2.42. The van der Waals surface area contributed by atoms with Crippen molar-refractivity contribution in [1.29, 1.82) is 0 Å². The van der Waals surface area contributed by atoms with E-state index in [-0.39, 0.29) is 5.94 Å². The van der Waals surface area contributed by atoms with E-state index in [4.69, 9.17) is 10.5 Å². The lowest BCUT2D eigenvalue weighted by Crippen LogP contribution is -2.05. The molecule has 0 spiro atoms. The number of nitrogens with two attached hydrogens (primary N) is 1. The second-order valence-corrected chi connectivity index (χ2v) is 4.92. The Bertz CT molecular complexity index is 344. The van der Waals surface area contributed by atoms with Crippen LogP contribution in [0.3, 0.4) is 0 Å². The van der Waals surface area contributed by atoms with E-state index in [9.17, 15) is 4.21 Å². The van der Waals surface area contributed by atoms with Crippen LogP contribution in [0.1, 0.15) is 6.92 Å². The van der Waals surface area contributed by atoms with Gasteiger partial charge in [-0.3, -0.25) is 4.21 Å². The van der Waals surface area contributed by atoms with Crippen LogP contribution in [0.5, 0.6) is 0 Å². The van der Waals surface area contributed by atoms with Crippen molar-refractivity contribution in [3.05, 3.63) is 22.7 Å². The SMILES string of the molecule is CCOCS(=O)c1cc(Br)ccc1N. The number of anilines is 1. The van der Waals surface area contributed by atoms with Crippen LogP contribution in [0.4, 0.5) is 5.69 Å². The van der Waals surface area contributed by atoms with Crippen LogP contribution >= 0.6 is 15.9 Å². The Balaban J connectivity index is 2.83. The number of hydrogen-bond acceptors (Lipinski definition) is 3. The summed E-state index contributed by atoms with van der Waals surface area (Å²) in [5, 5.41) is 0. The van der Waals surface area contributed by atoms with Crippen molar-refractivity contribution in [2.75, 3.05) is 18.3 Å². The number of nitrogen functional groups attached to an aromatic ring is 1. The van der Waals surface area contributed by atoms with E-state index in [1.807, 2.05) is 13.0 Å². The largest absolute Gasteiger partial charge is 0.398 e. The van der Waals surface area contributed by atoms with Gasteiger partial charge >= 0.3 is 0 Å². The highest BCUT2D eigenvalue weighted by molar-refractivity contribution is 9.10. The first-order valence-electron chi connectivity index (χ1n) is 4.16. The summed E-state index contributed by atoms with van der Waals surface area (Å²) in [5.74, 6) is 0.192. The minimum absolute atomic E-state index is 0.192. The van der Waals surface area contributed by atoms with Crippen molar-refractivity contribution >= 4 is 32.4 Å². The average Bonchev–Trinajstić information content (AvgIpc) is 2.18. The fraction of sp³-hybridized carbons (Fsp3) is 0.333. The van der Waals surface area contributed by atoms with Crippen molar-refractivity contribution in [2.45, 2.75) is 11.8 Å². The van der Waals surface area contributed by atoms with E-state index < -0.39 is 10.8 Å². The molecule has 1 unspecified atom stereocenters. The van der Waals surface area contributed by atoms with Crippen molar-refractivity contribution in [3.63, 3.8) is 0 Å². The van der Waals surface area contributed by atoms with Crippen LogP contribution in [0.25, 0.3) is 0 Å². The maximum atomic E-state index is 11.7. The first kappa shape index (κ1) is 11.7. The van der Waals surface area contributed by atoms with E-state index in [2.05, 4.69) is 15.9 Å². The lowest BCUT2D eigenvalue weighted by molar-refractivity contribution is 0.196. The number of ether oxygens (including phenoxy) is 1. The van der Waals surface area contributed by atoms with E-state index >= 15 is 0 Å². The van der Waals surface area contributed by atoms with Crippen LogP contribution < -0.4 is 5.73 Å². The molecule has 0 aliphatic heterocycles. The Hall–Kier alpha value is -0.390. The predicted octanol–water partition coefficient (Wildman–Crippen LogP) is 2.13. The number of halogens is 1. The second kappa shape index (κ2) is 5.48. The molecule has 2 N–H and O–H groups in total. The molecule has 3 nitrogen and oxygen atoms in total. The molecule has 5 heteroatoms. The second-order valence-electron chi connectivity index (χ2n) is 2.64. The van der Waals surface area contributed by atoms with Crippen LogP contribution in [0.15, 0.2) is 27.6 Å². The van der Waals surface area contributed by atoms with Gasteiger partial charge in [0.2, 0.25) is 0 Å². The molecule has 0 saturated carbocycles. The van der Waals surface area contributed by atoms with Gasteiger partial charge in [-0.05, 0) is 25.1 Å². The van der Waals surface area contributed by atoms with Gasteiger partial charge in [0.05, 0.1) is 15.7 Å². The molecule has 0 saturated heterocycles. The number of hydrogen-bond donors (Lipinski definition) is 1. The molecule has 78 valence electrons. The summed E-state index contributed by atoms with van der Waals surface area (Å²) < 4.78 is 17.6. The van der Waals surface area contributed by atoms with Crippen LogP contribution in [0, 0.1) is 0 Å². The molecule has 0 amide bonds. The highest BCUT2D eigenvalue weighted by Crippen LogP contribution is 2.21. The van der Waals surface area contributed by atoms with Gasteiger partial charge in [-0.15, -0.1) is 0 Å².